The number of aromatic amines is 1. The number of nitrogens with zero attached hydrogens (tertiary/aromatic N) is 4. The fourth-order valence-electron chi connectivity index (χ4n) is 3.76. The van der Waals surface area contributed by atoms with Gasteiger partial charge in [-0.1, -0.05) is 60.7 Å². The summed E-state index contributed by atoms with van der Waals surface area (Å²) in [7, 11) is 0. The average molecular weight is 395 g/mol. The summed E-state index contributed by atoms with van der Waals surface area (Å²) in [5, 5.41) is 24.8. The Bertz CT molecular complexity index is 1340. The van der Waals surface area contributed by atoms with Crippen molar-refractivity contribution in [2.24, 2.45) is 0 Å². The van der Waals surface area contributed by atoms with E-state index >= 15 is 0 Å². The first-order valence-electron chi connectivity index (χ1n) is 9.44. The number of carbonyl (C=O) groups is 1. The number of carboxylic acids is 1. The third-order valence-electron chi connectivity index (χ3n) is 5.13. The molecule has 0 amide bonds. The first kappa shape index (κ1) is 17.8. The molecule has 7 nitrogen and oxygen atoms in total. The zero-order chi connectivity index (χ0) is 20.5. The van der Waals surface area contributed by atoms with E-state index in [1.807, 2.05) is 77.4 Å². The Balaban J connectivity index is 1.61. The van der Waals surface area contributed by atoms with Gasteiger partial charge in [-0.15, -0.1) is 10.2 Å². The maximum atomic E-state index is 11.7. The molecule has 2 aromatic heterocycles. The molecule has 0 saturated carbocycles. The Hall–Kier alpha value is -4.26. The molecule has 0 atom stereocenters. The van der Waals surface area contributed by atoms with Crippen LogP contribution in [0.1, 0.15) is 15.9 Å². The van der Waals surface area contributed by atoms with Crippen LogP contribution in [0.2, 0.25) is 0 Å². The molecule has 0 aliphatic heterocycles. The Morgan fingerprint density at radius 2 is 1.77 bits per heavy atom. The Morgan fingerprint density at radius 1 is 0.967 bits per heavy atom. The van der Waals surface area contributed by atoms with Crippen LogP contribution in [0.25, 0.3) is 33.4 Å². The van der Waals surface area contributed by atoms with Gasteiger partial charge in [0.2, 0.25) is 5.82 Å². The van der Waals surface area contributed by atoms with Gasteiger partial charge in [-0.25, -0.2) is 4.79 Å². The summed E-state index contributed by atoms with van der Waals surface area (Å²) in [6.45, 7) is 0.522. The number of rotatable bonds is 5. The van der Waals surface area contributed by atoms with E-state index in [0.717, 1.165) is 33.2 Å². The number of H-pyrrole nitrogens is 1. The fraction of sp³-hybridized carbons (Fsp3) is 0.0435. The lowest BCUT2D eigenvalue weighted by Crippen LogP contribution is -2.00. The number of tetrazole rings is 1. The van der Waals surface area contributed by atoms with Crippen molar-refractivity contribution in [3.8, 4) is 22.5 Å². The molecular weight excluding hydrogens is 378 g/mol. The largest absolute Gasteiger partial charge is 0.478 e. The van der Waals surface area contributed by atoms with Crippen molar-refractivity contribution in [3.05, 3.63) is 90.1 Å². The highest BCUT2D eigenvalue weighted by molar-refractivity contribution is 6.03. The number of fused-ring (bicyclic) bond motifs is 1. The SMILES string of the molecule is O=C(O)c1cn(Cc2ccc(-c3ccccc3)c(-c3nn[nH]n3)c2)c2ccccc12. The second-order valence-corrected chi connectivity index (χ2v) is 6.97. The molecule has 2 N–H and O–H groups in total. The molecule has 30 heavy (non-hydrogen) atoms. The summed E-state index contributed by atoms with van der Waals surface area (Å²) in [6.07, 6.45) is 1.69. The van der Waals surface area contributed by atoms with Gasteiger partial charge < -0.3 is 9.67 Å². The third kappa shape index (κ3) is 3.12. The normalized spacial score (nSPS) is 11.1. The van der Waals surface area contributed by atoms with Crippen LogP contribution in [0.15, 0.2) is 79.0 Å². The molecule has 3 aromatic carbocycles. The highest BCUT2D eigenvalue weighted by atomic mass is 16.4. The zero-order valence-corrected chi connectivity index (χ0v) is 15.9. The van der Waals surface area contributed by atoms with Gasteiger partial charge in [-0.05, 0) is 34.0 Å². The Morgan fingerprint density at radius 3 is 2.53 bits per heavy atom. The number of benzene rings is 3. The molecule has 0 aliphatic carbocycles. The van der Waals surface area contributed by atoms with Crippen molar-refractivity contribution in [1.82, 2.24) is 25.2 Å². The van der Waals surface area contributed by atoms with E-state index < -0.39 is 5.97 Å². The maximum Gasteiger partial charge on any atom is 0.337 e. The van der Waals surface area contributed by atoms with Crippen LogP contribution in [0.3, 0.4) is 0 Å². The first-order valence-corrected chi connectivity index (χ1v) is 9.44. The van der Waals surface area contributed by atoms with Crippen molar-refractivity contribution in [3.63, 3.8) is 0 Å². The van der Waals surface area contributed by atoms with Crippen molar-refractivity contribution in [2.75, 3.05) is 0 Å². The minimum Gasteiger partial charge on any atom is -0.478 e. The van der Waals surface area contributed by atoms with Gasteiger partial charge in [0.05, 0.1) is 5.56 Å². The highest BCUT2D eigenvalue weighted by Crippen LogP contribution is 2.31. The fourth-order valence-corrected chi connectivity index (χ4v) is 3.76. The van der Waals surface area contributed by atoms with E-state index in [-0.39, 0.29) is 0 Å². The Kier molecular flexibility index (Phi) is 4.33. The first-order chi connectivity index (χ1) is 14.7. The number of nitrogens with one attached hydrogen (secondary N) is 1. The van der Waals surface area contributed by atoms with Crippen LogP contribution in [0.5, 0.6) is 0 Å². The lowest BCUT2D eigenvalue weighted by molar-refractivity contribution is 0.0699. The van der Waals surface area contributed by atoms with Crippen molar-refractivity contribution in [2.45, 2.75) is 6.54 Å². The quantitative estimate of drug-likeness (QED) is 0.464. The maximum absolute atomic E-state index is 11.7. The molecule has 0 bridgehead atoms. The summed E-state index contributed by atoms with van der Waals surface area (Å²) in [4.78, 5) is 11.7. The molecule has 2 heterocycles. The van der Waals surface area contributed by atoms with Crippen LogP contribution in [-0.2, 0) is 6.54 Å². The van der Waals surface area contributed by atoms with Gasteiger partial charge in [-0.3, -0.25) is 0 Å². The van der Waals surface area contributed by atoms with E-state index in [1.165, 1.54) is 0 Å². The number of hydrogen-bond acceptors (Lipinski definition) is 4. The number of aromatic carboxylic acids is 1. The predicted octanol–water partition coefficient (Wildman–Crippen LogP) is 4.23. The molecule has 0 radical (unpaired) electrons. The summed E-state index contributed by atoms with van der Waals surface area (Å²) in [5.41, 5.74) is 5.11. The Labute approximate surface area is 171 Å². The van der Waals surface area contributed by atoms with Crippen LogP contribution in [-0.4, -0.2) is 36.3 Å². The monoisotopic (exact) mass is 395 g/mol. The second-order valence-electron chi connectivity index (χ2n) is 6.97. The van der Waals surface area contributed by atoms with E-state index in [0.29, 0.717) is 17.9 Å². The summed E-state index contributed by atoms with van der Waals surface area (Å²) >= 11 is 0. The smallest absolute Gasteiger partial charge is 0.337 e. The van der Waals surface area contributed by atoms with E-state index in [2.05, 4.69) is 20.6 Å². The average Bonchev–Trinajstić information content (AvgIpc) is 3.43. The van der Waals surface area contributed by atoms with Gasteiger partial charge in [-0.2, -0.15) is 5.21 Å². The second kappa shape index (κ2) is 7.29. The number of aromatic nitrogens is 5. The number of carboxylic acid groups (broad SMARTS) is 1. The number of para-hydroxylation sites is 1. The van der Waals surface area contributed by atoms with Gasteiger partial charge in [0.1, 0.15) is 0 Å². The van der Waals surface area contributed by atoms with Gasteiger partial charge in [0, 0.05) is 29.2 Å². The molecule has 0 spiro atoms. The number of hydrogen-bond donors (Lipinski definition) is 2. The topological polar surface area (TPSA) is 96.7 Å². The summed E-state index contributed by atoms with van der Waals surface area (Å²) in [5.74, 6) is -0.420. The molecule has 7 heteroatoms. The molecule has 0 saturated heterocycles. The van der Waals surface area contributed by atoms with Gasteiger partial charge in [0.25, 0.3) is 0 Å². The van der Waals surface area contributed by atoms with Crippen LogP contribution >= 0.6 is 0 Å². The van der Waals surface area contributed by atoms with Crippen molar-refractivity contribution < 1.29 is 9.90 Å². The summed E-state index contributed by atoms with van der Waals surface area (Å²) in [6, 6.07) is 23.7. The van der Waals surface area contributed by atoms with E-state index in [1.54, 1.807) is 6.20 Å². The van der Waals surface area contributed by atoms with Crippen LogP contribution in [0, 0.1) is 0 Å². The third-order valence-corrected chi connectivity index (χ3v) is 5.13. The highest BCUT2D eigenvalue weighted by Gasteiger charge is 2.16. The molecule has 5 aromatic rings. The minimum atomic E-state index is -0.933. The molecule has 0 unspecified atom stereocenters. The zero-order valence-electron chi connectivity index (χ0n) is 15.9. The van der Waals surface area contributed by atoms with Gasteiger partial charge in [0.15, 0.2) is 0 Å². The molecule has 0 fully saturated rings. The molecular formula is C23H17N5O2. The minimum absolute atomic E-state index is 0.296. The molecule has 146 valence electrons. The predicted molar refractivity (Wildman–Crippen MR) is 113 cm³/mol. The van der Waals surface area contributed by atoms with E-state index in [9.17, 15) is 9.90 Å². The molecule has 0 aliphatic rings. The standard InChI is InChI=1S/C23H17N5O2/c29-23(30)20-14-28(21-9-5-4-8-18(20)21)13-15-10-11-17(16-6-2-1-3-7-16)19(12-15)22-24-26-27-25-22/h1-12,14H,13H2,(H,29,30)(H,24,25,26,27). The van der Waals surface area contributed by atoms with Crippen molar-refractivity contribution in [1.29, 1.82) is 0 Å². The lowest BCUT2D eigenvalue weighted by Gasteiger charge is -2.11. The lowest BCUT2D eigenvalue weighted by atomic mass is 9.97. The molecule has 5 rings (SSSR count). The summed E-state index contributed by atoms with van der Waals surface area (Å²) < 4.78 is 1.95. The van der Waals surface area contributed by atoms with Crippen LogP contribution < -0.4 is 0 Å². The van der Waals surface area contributed by atoms with Gasteiger partial charge >= 0.3 is 5.97 Å². The van der Waals surface area contributed by atoms with Crippen molar-refractivity contribution >= 4 is 16.9 Å². The van der Waals surface area contributed by atoms with E-state index in [4.69, 9.17) is 0 Å². The van der Waals surface area contributed by atoms with Crippen LogP contribution in [0.4, 0.5) is 0 Å².